The van der Waals surface area contributed by atoms with Crippen molar-refractivity contribution in [1.82, 2.24) is 29.9 Å². The number of rotatable bonds is 5. The van der Waals surface area contributed by atoms with E-state index in [4.69, 9.17) is 11.6 Å². The number of hydrogen-bond acceptors (Lipinski definition) is 6. The number of fused-ring (bicyclic) bond motifs is 1. The zero-order valence-electron chi connectivity index (χ0n) is 17.5. The summed E-state index contributed by atoms with van der Waals surface area (Å²) in [5.41, 5.74) is 2.16. The van der Waals surface area contributed by atoms with Gasteiger partial charge in [0, 0.05) is 37.6 Å². The lowest BCUT2D eigenvalue weighted by Gasteiger charge is -2.35. The van der Waals surface area contributed by atoms with Gasteiger partial charge in [-0.05, 0) is 36.6 Å². The molecule has 0 spiro atoms. The van der Waals surface area contributed by atoms with Crippen LogP contribution < -0.4 is 4.90 Å². The Morgan fingerprint density at radius 3 is 2.52 bits per heavy atom. The maximum absolute atomic E-state index is 12.6. The smallest absolute Gasteiger partial charge is 0.222 e. The fraction of sp³-hybridized carbons (Fsp3) is 0.500. The van der Waals surface area contributed by atoms with Gasteiger partial charge in [0.1, 0.15) is 6.33 Å². The molecule has 0 N–H and O–H groups in total. The Morgan fingerprint density at radius 1 is 1.03 bits per heavy atom. The molecule has 0 atom stereocenters. The van der Waals surface area contributed by atoms with Gasteiger partial charge in [0.15, 0.2) is 17.0 Å². The minimum atomic E-state index is 0.285. The van der Waals surface area contributed by atoms with Crippen molar-refractivity contribution in [2.45, 2.75) is 38.5 Å². The highest BCUT2D eigenvalue weighted by Crippen LogP contribution is 2.29. The number of nitrogens with zero attached hydrogens (tertiary/aromatic N) is 7. The average Bonchev–Trinajstić information content (AvgIpc) is 3.48. The van der Waals surface area contributed by atoms with Crippen LogP contribution in [0.3, 0.4) is 0 Å². The predicted octanol–water partition coefficient (Wildman–Crippen LogP) is 3.48. The number of halogens is 1. The summed E-state index contributed by atoms with van der Waals surface area (Å²) >= 11 is 6.00. The zero-order chi connectivity index (χ0) is 21.2. The van der Waals surface area contributed by atoms with Crippen LogP contribution in [0.25, 0.3) is 16.9 Å². The monoisotopic (exact) mass is 439 g/mol. The van der Waals surface area contributed by atoms with Crippen LogP contribution in [0.2, 0.25) is 5.02 Å². The van der Waals surface area contributed by atoms with E-state index in [2.05, 4.69) is 25.2 Å². The molecule has 0 bridgehead atoms. The molecule has 1 saturated heterocycles. The maximum atomic E-state index is 12.6. The molecule has 1 aliphatic heterocycles. The molecule has 8 nitrogen and oxygen atoms in total. The molecule has 2 aliphatic rings. The van der Waals surface area contributed by atoms with Gasteiger partial charge in [-0.15, -0.1) is 5.10 Å². The fourth-order valence-electron chi connectivity index (χ4n) is 4.68. The minimum Gasteiger partial charge on any atom is -0.351 e. The summed E-state index contributed by atoms with van der Waals surface area (Å²) in [6.45, 7) is 2.88. The van der Waals surface area contributed by atoms with Crippen LogP contribution in [0, 0.1) is 5.92 Å². The normalized spacial score (nSPS) is 17.6. The molecule has 5 rings (SSSR count). The van der Waals surface area contributed by atoms with Gasteiger partial charge in [-0.3, -0.25) is 4.79 Å². The highest BCUT2D eigenvalue weighted by molar-refractivity contribution is 6.30. The summed E-state index contributed by atoms with van der Waals surface area (Å²) in [4.78, 5) is 25.7. The predicted molar refractivity (Wildman–Crippen MR) is 119 cm³/mol. The molecule has 31 heavy (non-hydrogen) atoms. The third-order valence-corrected chi connectivity index (χ3v) is 6.71. The third-order valence-electron chi connectivity index (χ3n) is 6.46. The quantitative estimate of drug-likeness (QED) is 0.605. The van der Waals surface area contributed by atoms with Crippen LogP contribution in [0.4, 0.5) is 5.82 Å². The van der Waals surface area contributed by atoms with Crippen molar-refractivity contribution in [2.75, 3.05) is 31.1 Å². The van der Waals surface area contributed by atoms with Crippen molar-refractivity contribution < 1.29 is 4.79 Å². The number of anilines is 1. The van der Waals surface area contributed by atoms with Gasteiger partial charge < -0.3 is 9.80 Å². The fourth-order valence-corrected chi connectivity index (χ4v) is 4.80. The molecule has 0 radical (unpaired) electrons. The lowest BCUT2D eigenvalue weighted by Crippen LogP contribution is -2.49. The lowest BCUT2D eigenvalue weighted by atomic mass is 10.0. The van der Waals surface area contributed by atoms with E-state index < -0.39 is 0 Å². The van der Waals surface area contributed by atoms with Crippen molar-refractivity contribution >= 4 is 34.5 Å². The summed E-state index contributed by atoms with van der Waals surface area (Å²) in [6, 6.07) is 7.40. The maximum Gasteiger partial charge on any atom is 0.222 e. The Labute approximate surface area is 186 Å². The van der Waals surface area contributed by atoms with Crippen molar-refractivity contribution in [3.63, 3.8) is 0 Å². The Hall–Kier alpha value is -2.74. The van der Waals surface area contributed by atoms with Crippen molar-refractivity contribution in [3.05, 3.63) is 35.6 Å². The van der Waals surface area contributed by atoms with E-state index in [0.717, 1.165) is 36.9 Å². The van der Waals surface area contributed by atoms with Crippen molar-refractivity contribution in [3.8, 4) is 5.69 Å². The second-order valence-electron chi connectivity index (χ2n) is 8.40. The highest BCUT2D eigenvalue weighted by atomic mass is 35.5. The van der Waals surface area contributed by atoms with E-state index in [-0.39, 0.29) is 5.91 Å². The van der Waals surface area contributed by atoms with E-state index in [1.54, 1.807) is 11.0 Å². The van der Waals surface area contributed by atoms with E-state index in [0.29, 0.717) is 35.7 Å². The molecule has 2 aromatic heterocycles. The first-order valence-electron chi connectivity index (χ1n) is 11.0. The standard InChI is InChI=1S/C22H26ClN7O/c23-17-6-8-18(9-7-17)30-22-20(26-27-30)21(24-15-25-22)29-13-11-28(12-14-29)19(31)10-5-16-3-1-2-4-16/h6-9,15-16H,1-5,10-14H2. The molecule has 1 amide bonds. The van der Waals surface area contributed by atoms with Crippen LogP contribution in [0.1, 0.15) is 38.5 Å². The number of hydrogen-bond donors (Lipinski definition) is 0. The number of aromatic nitrogens is 5. The molecule has 1 aromatic carbocycles. The molecular formula is C22H26ClN7O. The third kappa shape index (κ3) is 4.21. The second-order valence-corrected chi connectivity index (χ2v) is 8.84. The van der Waals surface area contributed by atoms with Gasteiger partial charge >= 0.3 is 0 Å². The minimum absolute atomic E-state index is 0.285. The number of amides is 1. The number of piperazine rings is 1. The molecule has 3 aromatic rings. The average molecular weight is 440 g/mol. The zero-order valence-corrected chi connectivity index (χ0v) is 18.2. The molecule has 1 saturated carbocycles. The summed E-state index contributed by atoms with van der Waals surface area (Å²) in [7, 11) is 0. The van der Waals surface area contributed by atoms with Crippen LogP contribution in [0.5, 0.6) is 0 Å². The van der Waals surface area contributed by atoms with Crippen molar-refractivity contribution in [2.24, 2.45) is 5.92 Å². The first kappa shape index (κ1) is 20.2. The van der Waals surface area contributed by atoms with E-state index in [1.807, 2.05) is 29.2 Å². The van der Waals surface area contributed by atoms with Gasteiger partial charge in [-0.25, -0.2) is 9.97 Å². The van der Waals surface area contributed by atoms with Gasteiger partial charge in [-0.1, -0.05) is 42.5 Å². The summed E-state index contributed by atoms with van der Waals surface area (Å²) in [5.74, 6) is 1.80. The number of carbonyl (C=O) groups excluding carboxylic acids is 1. The second kappa shape index (κ2) is 8.78. The summed E-state index contributed by atoms with van der Waals surface area (Å²) < 4.78 is 1.69. The van der Waals surface area contributed by atoms with E-state index in [9.17, 15) is 4.79 Å². The molecule has 1 aliphatic carbocycles. The molecule has 3 heterocycles. The molecule has 162 valence electrons. The SMILES string of the molecule is O=C(CCC1CCCC1)N1CCN(c2ncnc3c2nnn3-c2ccc(Cl)cc2)CC1. The number of carbonyl (C=O) groups is 1. The highest BCUT2D eigenvalue weighted by Gasteiger charge is 2.25. The van der Waals surface area contributed by atoms with Crippen LogP contribution in [0.15, 0.2) is 30.6 Å². The Morgan fingerprint density at radius 2 is 1.77 bits per heavy atom. The van der Waals surface area contributed by atoms with Gasteiger partial charge in [0.2, 0.25) is 5.91 Å². The Bertz CT molecular complexity index is 1050. The van der Waals surface area contributed by atoms with Gasteiger partial charge in [0.25, 0.3) is 0 Å². The van der Waals surface area contributed by atoms with E-state index >= 15 is 0 Å². The van der Waals surface area contributed by atoms with Gasteiger partial charge in [0.05, 0.1) is 5.69 Å². The number of benzene rings is 1. The first-order valence-corrected chi connectivity index (χ1v) is 11.4. The van der Waals surface area contributed by atoms with Crippen LogP contribution >= 0.6 is 11.6 Å². The van der Waals surface area contributed by atoms with Crippen LogP contribution in [-0.4, -0.2) is 61.9 Å². The molecule has 0 unspecified atom stereocenters. The summed E-state index contributed by atoms with van der Waals surface area (Å²) in [6.07, 6.45) is 8.51. The Balaban J connectivity index is 1.26. The van der Waals surface area contributed by atoms with E-state index in [1.165, 1.54) is 25.7 Å². The molecular weight excluding hydrogens is 414 g/mol. The summed E-state index contributed by atoms with van der Waals surface area (Å²) in [5, 5.41) is 9.30. The lowest BCUT2D eigenvalue weighted by molar-refractivity contribution is -0.131. The van der Waals surface area contributed by atoms with Gasteiger partial charge in [-0.2, -0.15) is 4.68 Å². The van der Waals surface area contributed by atoms with Crippen LogP contribution in [-0.2, 0) is 4.79 Å². The topological polar surface area (TPSA) is 80.0 Å². The first-order chi connectivity index (χ1) is 15.2. The Kier molecular flexibility index (Phi) is 5.72. The molecule has 2 fully saturated rings. The molecule has 9 heteroatoms. The van der Waals surface area contributed by atoms with Crippen molar-refractivity contribution in [1.29, 1.82) is 0 Å². The largest absolute Gasteiger partial charge is 0.351 e.